The fourth-order valence-corrected chi connectivity index (χ4v) is 4.53. The number of benzene rings is 1. The van der Waals surface area contributed by atoms with Crippen LogP contribution in [-0.4, -0.2) is 71.5 Å². The lowest BCUT2D eigenvalue weighted by Crippen LogP contribution is -2.40. The van der Waals surface area contributed by atoms with Crippen molar-refractivity contribution >= 4 is 38.9 Å². The van der Waals surface area contributed by atoms with Gasteiger partial charge in [-0.2, -0.15) is 4.98 Å². The highest BCUT2D eigenvalue weighted by atomic mass is 32.2. The van der Waals surface area contributed by atoms with Crippen LogP contribution in [0.4, 0.5) is 15.4 Å². The molecule has 1 aromatic carbocycles. The van der Waals surface area contributed by atoms with Gasteiger partial charge in [0.2, 0.25) is 5.16 Å². The molecule has 0 aliphatic rings. The van der Waals surface area contributed by atoms with Gasteiger partial charge < -0.3 is 20.5 Å². The van der Waals surface area contributed by atoms with Gasteiger partial charge in [0.1, 0.15) is 21.9 Å². The zero-order valence-electron chi connectivity index (χ0n) is 18.6. The monoisotopic (exact) mass is 491 g/mol. The Morgan fingerprint density at radius 3 is 2.56 bits per heavy atom. The average molecular weight is 492 g/mol. The third-order valence-corrected chi connectivity index (χ3v) is 6.67. The first-order chi connectivity index (χ1) is 16.1. The van der Waals surface area contributed by atoms with E-state index in [2.05, 4.69) is 14.7 Å². The number of nitrogen functional groups attached to an aromatic ring is 1. The zero-order valence-corrected chi connectivity index (χ0v) is 19.4. The maximum absolute atomic E-state index is 13.4. The minimum atomic E-state index is -3.37. The van der Waals surface area contributed by atoms with Gasteiger partial charge in [-0.1, -0.05) is 37.3 Å². The molecule has 0 saturated carbocycles. The number of nitrogens with zero attached hydrogens (tertiary/aromatic N) is 5. The van der Waals surface area contributed by atoms with Crippen LogP contribution in [0, 0.1) is 4.78 Å². The summed E-state index contributed by atoms with van der Waals surface area (Å²) in [6.45, 7) is 1.37. The van der Waals surface area contributed by atoms with Crippen molar-refractivity contribution in [2.45, 2.75) is 25.0 Å². The maximum atomic E-state index is 13.4. The minimum Gasteiger partial charge on any atom is -0.450 e. The van der Waals surface area contributed by atoms with Gasteiger partial charge in [-0.3, -0.25) is 4.57 Å². The highest BCUT2D eigenvalue weighted by molar-refractivity contribution is 7.92. The molecule has 2 heterocycles. The standard InChI is InChI=1S/C20H25N7O6S/c1-3-11-34(22,32)17-23-15(21)14-16(24-17)26(12-13-7-5-4-6-8-13)19(29)27(14)18(28)25(2)9-10-33-20(30)31/h4-8,22H,3,9-12H2,1-2H3,(H,30,31)(H2,21,23,24). The number of hydrogen-bond acceptors (Lipinski definition) is 9. The molecular formula is C20H25N7O6S. The van der Waals surface area contributed by atoms with Crippen LogP contribution >= 0.6 is 0 Å². The topological polar surface area (TPSA) is 186 Å². The highest BCUT2D eigenvalue weighted by Crippen LogP contribution is 2.22. The number of amides is 1. The lowest BCUT2D eigenvalue weighted by atomic mass is 10.2. The van der Waals surface area contributed by atoms with E-state index in [1.54, 1.807) is 31.2 Å². The number of anilines is 1. The number of aromatic nitrogens is 4. The SMILES string of the molecule is CCCS(=N)(=O)c1nc(N)c2c(n1)n(Cc1ccccc1)c(=O)n2C(=O)N(C)CCOC(=O)O. The summed E-state index contributed by atoms with van der Waals surface area (Å²) in [5.74, 6) is -0.268. The lowest BCUT2D eigenvalue weighted by Gasteiger charge is -2.16. The number of hydrogen-bond donors (Lipinski definition) is 3. The van der Waals surface area contributed by atoms with Crippen LogP contribution in [0.15, 0.2) is 40.3 Å². The van der Waals surface area contributed by atoms with Crippen LogP contribution in [-0.2, 0) is 21.0 Å². The Balaban J connectivity index is 2.19. The zero-order chi connectivity index (χ0) is 25.0. The first kappa shape index (κ1) is 24.7. The van der Waals surface area contributed by atoms with Crippen LogP contribution in [0.3, 0.4) is 0 Å². The summed E-state index contributed by atoms with van der Waals surface area (Å²) in [4.78, 5) is 46.4. The molecule has 14 heteroatoms. The molecule has 34 heavy (non-hydrogen) atoms. The number of carboxylic acid groups (broad SMARTS) is 1. The molecule has 0 spiro atoms. The summed E-state index contributed by atoms with van der Waals surface area (Å²) in [6, 6.07) is 8.14. The first-order valence-electron chi connectivity index (χ1n) is 10.3. The molecule has 2 aromatic heterocycles. The fourth-order valence-electron chi connectivity index (χ4n) is 3.30. The quantitative estimate of drug-likeness (QED) is 0.311. The first-order valence-corrected chi connectivity index (χ1v) is 12.0. The minimum absolute atomic E-state index is 0.00676. The van der Waals surface area contributed by atoms with Gasteiger partial charge in [0.25, 0.3) is 0 Å². The second kappa shape index (κ2) is 9.91. The van der Waals surface area contributed by atoms with E-state index in [1.807, 2.05) is 6.07 Å². The van der Waals surface area contributed by atoms with Crippen molar-refractivity contribution in [1.29, 1.82) is 4.78 Å². The number of nitrogens with one attached hydrogen (secondary N) is 1. The van der Waals surface area contributed by atoms with E-state index in [9.17, 15) is 18.6 Å². The molecule has 1 unspecified atom stereocenters. The van der Waals surface area contributed by atoms with Gasteiger partial charge >= 0.3 is 17.9 Å². The van der Waals surface area contributed by atoms with Crippen molar-refractivity contribution < 1.29 is 23.6 Å². The normalized spacial score (nSPS) is 12.9. The number of imidazole rings is 1. The van der Waals surface area contributed by atoms with Crippen molar-refractivity contribution in [1.82, 2.24) is 24.0 Å². The number of nitrogens with two attached hydrogens (primary N) is 1. The molecule has 0 bridgehead atoms. The molecule has 1 atom stereocenters. The summed E-state index contributed by atoms with van der Waals surface area (Å²) in [5, 5.41) is 8.31. The van der Waals surface area contributed by atoms with E-state index in [0.29, 0.717) is 6.42 Å². The molecule has 13 nitrogen and oxygen atoms in total. The summed E-state index contributed by atoms with van der Waals surface area (Å²) < 4.78 is 27.4. The molecular weight excluding hydrogens is 466 g/mol. The number of rotatable bonds is 8. The third-order valence-electron chi connectivity index (χ3n) is 4.91. The Labute approximate surface area is 194 Å². The van der Waals surface area contributed by atoms with Crippen LogP contribution < -0.4 is 11.4 Å². The Morgan fingerprint density at radius 1 is 1.26 bits per heavy atom. The molecule has 0 radical (unpaired) electrons. The van der Waals surface area contributed by atoms with E-state index in [4.69, 9.17) is 15.6 Å². The molecule has 182 valence electrons. The van der Waals surface area contributed by atoms with Crippen LogP contribution in [0.1, 0.15) is 18.9 Å². The summed E-state index contributed by atoms with van der Waals surface area (Å²) >= 11 is 0. The van der Waals surface area contributed by atoms with Crippen molar-refractivity contribution in [3.05, 3.63) is 46.4 Å². The molecule has 0 saturated heterocycles. The van der Waals surface area contributed by atoms with Crippen molar-refractivity contribution in [2.24, 2.45) is 0 Å². The molecule has 3 aromatic rings. The molecule has 3 rings (SSSR count). The van der Waals surface area contributed by atoms with Crippen molar-refractivity contribution in [2.75, 3.05) is 31.7 Å². The smallest absolute Gasteiger partial charge is 0.450 e. The number of likely N-dealkylation sites (N-methyl/N-ethyl adjacent to an activating group) is 1. The second-order valence-corrected chi connectivity index (χ2v) is 9.58. The van der Waals surface area contributed by atoms with E-state index >= 15 is 0 Å². The van der Waals surface area contributed by atoms with E-state index < -0.39 is 27.6 Å². The van der Waals surface area contributed by atoms with Gasteiger partial charge in [-0.25, -0.2) is 32.9 Å². The van der Waals surface area contributed by atoms with Crippen molar-refractivity contribution in [3.63, 3.8) is 0 Å². The van der Waals surface area contributed by atoms with E-state index in [-0.39, 0.29) is 47.6 Å². The van der Waals surface area contributed by atoms with Crippen LogP contribution in [0.2, 0.25) is 0 Å². The summed E-state index contributed by atoms with van der Waals surface area (Å²) in [7, 11) is -2.00. The molecule has 0 aliphatic heterocycles. The van der Waals surface area contributed by atoms with Crippen LogP contribution in [0.25, 0.3) is 11.2 Å². The predicted octanol–water partition coefficient (Wildman–Crippen LogP) is 1.63. The maximum Gasteiger partial charge on any atom is 0.505 e. The van der Waals surface area contributed by atoms with Gasteiger partial charge in [-0.05, 0) is 12.0 Å². The van der Waals surface area contributed by atoms with Crippen LogP contribution in [0.5, 0.6) is 0 Å². The Hall–Kier alpha value is -3.94. The molecule has 4 N–H and O–H groups in total. The predicted molar refractivity (Wildman–Crippen MR) is 123 cm³/mol. The van der Waals surface area contributed by atoms with Gasteiger partial charge in [0, 0.05) is 12.8 Å². The Kier molecular flexibility index (Phi) is 7.20. The lowest BCUT2D eigenvalue weighted by molar-refractivity contribution is 0.0854. The largest absolute Gasteiger partial charge is 0.505 e. The second-order valence-electron chi connectivity index (χ2n) is 7.45. The number of fused-ring (bicyclic) bond motifs is 1. The Bertz CT molecular complexity index is 1380. The molecule has 0 fully saturated rings. The molecule has 1 amide bonds. The Morgan fingerprint density at radius 2 is 1.94 bits per heavy atom. The average Bonchev–Trinajstić information content (AvgIpc) is 3.05. The summed E-state index contributed by atoms with van der Waals surface area (Å²) in [6.07, 6.45) is -1.04. The summed E-state index contributed by atoms with van der Waals surface area (Å²) in [5.41, 5.74) is 5.95. The van der Waals surface area contributed by atoms with Gasteiger partial charge in [-0.15, -0.1) is 0 Å². The number of ether oxygens (including phenoxy) is 1. The van der Waals surface area contributed by atoms with Gasteiger partial charge in [0.05, 0.1) is 13.1 Å². The van der Waals surface area contributed by atoms with Gasteiger partial charge in [0.15, 0.2) is 11.5 Å². The third kappa shape index (κ3) is 5.01. The highest BCUT2D eigenvalue weighted by Gasteiger charge is 2.27. The number of carbonyl (C=O) groups is 2. The van der Waals surface area contributed by atoms with E-state index in [1.165, 1.54) is 11.6 Å². The van der Waals surface area contributed by atoms with Crippen molar-refractivity contribution in [3.8, 4) is 0 Å². The molecule has 0 aliphatic carbocycles. The number of carbonyl (C=O) groups excluding carboxylic acids is 1. The fraction of sp³-hybridized carbons (Fsp3) is 0.350. The van der Waals surface area contributed by atoms with E-state index in [0.717, 1.165) is 15.0 Å².